The Bertz CT molecular complexity index is 461. The number of hydrogen-bond acceptors (Lipinski definition) is 4. The largest absolute Gasteiger partial charge is 0.522 e. The fraction of sp³-hybridized carbons (Fsp3) is 0.571. The number of rotatable bonds is 8. The van der Waals surface area contributed by atoms with Gasteiger partial charge in [0.15, 0.2) is 11.5 Å². The van der Waals surface area contributed by atoms with Gasteiger partial charge in [0.05, 0.1) is 13.7 Å². The number of nitrogens with one attached hydrogen (secondary N) is 1. The van der Waals surface area contributed by atoms with Gasteiger partial charge in [-0.05, 0) is 30.5 Å². The van der Waals surface area contributed by atoms with Gasteiger partial charge < -0.3 is 14.8 Å². The first-order valence-corrected chi connectivity index (χ1v) is 6.72. The van der Waals surface area contributed by atoms with Crippen molar-refractivity contribution in [1.29, 1.82) is 0 Å². The molecule has 0 amide bonds. The highest BCUT2D eigenvalue weighted by molar-refractivity contribution is 5.43. The summed E-state index contributed by atoms with van der Waals surface area (Å²) in [5, 5.41) is 3.35. The maximum Gasteiger partial charge on any atom is 0.522 e. The van der Waals surface area contributed by atoms with Gasteiger partial charge in [-0.2, -0.15) is 0 Å². The van der Waals surface area contributed by atoms with E-state index < -0.39 is 13.0 Å². The Morgan fingerprint density at radius 1 is 1.19 bits per heavy atom. The summed E-state index contributed by atoms with van der Waals surface area (Å²) < 4.78 is 49.7. The molecule has 0 radical (unpaired) electrons. The van der Waals surface area contributed by atoms with Crippen molar-refractivity contribution in [3.05, 3.63) is 23.8 Å². The Labute approximate surface area is 121 Å². The minimum Gasteiger partial charge on any atom is -0.493 e. The molecule has 1 aromatic rings. The zero-order valence-electron chi connectivity index (χ0n) is 11.7. The monoisotopic (exact) mass is 305 g/mol. The third-order valence-electron chi connectivity index (χ3n) is 3.01. The highest BCUT2D eigenvalue weighted by atomic mass is 19.4. The number of methoxy groups -OCH3 is 1. The van der Waals surface area contributed by atoms with Crippen molar-refractivity contribution in [3.63, 3.8) is 0 Å². The minimum atomic E-state index is -4.64. The molecule has 0 unspecified atom stereocenters. The Balaban J connectivity index is 1.86. The van der Waals surface area contributed by atoms with Crippen LogP contribution < -0.4 is 14.8 Å². The van der Waals surface area contributed by atoms with E-state index in [-0.39, 0.29) is 6.61 Å². The molecule has 1 aromatic carbocycles. The van der Waals surface area contributed by atoms with Gasteiger partial charge in [0, 0.05) is 12.6 Å². The van der Waals surface area contributed by atoms with Gasteiger partial charge in [0.25, 0.3) is 0 Å². The molecule has 0 bridgehead atoms. The predicted molar refractivity (Wildman–Crippen MR) is 70.4 cm³/mol. The van der Waals surface area contributed by atoms with E-state index in [1.165, 1.54) is 20.0 Å². The Morgan fingerprint density at radius 3 is 2.57 bits per heavy atom. The van der Waals surface area contributed by atoms with E-state index in [2.05, 4.69) is 10.1 Å². The molecule has 21 heavy (non-hydrogen) atoms. The van der Waals surface area contributed by atoms with E-state index in [4.69, 9.17) is 9.47 Å². The first-order valence-electron chi connectivity index (χ1n) is 6.72. The van der Waals surface area contributed by atoms with Gasteiger partial charge in [-0.25, -0.2) is 0 Å². The molecule has 0 aliphatic heterocycles. The summed E-state index contributed by atoms with van der Waals surface area (Å²) in [5.74, 6) is 0.899. The van der Waals surface area contributed by atoms with Gasteiger partial charge in [0.1, 0.15) is 6.61 Å². The predicted octanol–water partition coefficient (Wildman–Crippen LogP) is 2.86. The van der Waals surface area contributed by atoms with Crippen LogP contribution in [-0.2, 0) is 11.3 Å². The fourth-order valence-electron chi connectivity index (χ4n) is 1.80. The summed E-state index contributed by atoms with van der Waals surface area (Å²) in [7, 11) is 1.48. The van der Waals surface area contributed by atoms with Crippen LogP contribution in [0.15, 0.2) is 18.2 Å². The molecule has 1 N–H and O–H groups in total. The van der Waals surface area contributed by atoms with Crippen molar-refractivity contribution >= 4 is 0 Å². The second kappa shape index (κ2) is 7.00. The molecule has 1 saturated carbocycles. The summed E-state index contributed by atoms with van der Waals surface area (Å²) in [4.78, 5) is 0. The second-order valence-corrected chi connectivity index (χ2v) is 4.78. The lowest BCUT2D eigenvalue weighted by Crippen LogP contribution is -2.18. The van der Waals surface area contributed by atoms with E-state index in [0.717, 1.165) is 5.56 Å². The molecule has 0 heterocycles. The first kappa shape index (κ1) is 15.9. The number of alkyl halides is 3. The molecule has 0 saturated heterocycles. The molecule has 2 rings (SSSR count). The van der Waals surface area contributed by atoms with E-state index in [9.17, 15) is 13.2 Å². The molecule has 1 aliphatic carbocycles. The maximum absolute atomic E-state index is 11.9. The summed E-state index contributed by atoms with van der Waals surface area (Å²) in [6.07, 6.45) is -2.26. The average molecular weight is 305 g/mol. The van der Waals surface area contributed by atoms with Crippen molar-refractivity contribution in [1.82, 2.24) is 5.32 Å². The van der Waals surface area contributed by atoms with Crippen molar-refractivity contribution < 1.29 is 27.4 Å². The van der Waals surface area contributed by atoms with Crippen molar-refractivity contribution in [3.8, 4) is 11.5 Å². The highest BCUT2D eigenvalue weighted by Crippen LogP contribution is 2.29. The summed E-state index contributed by atoms with van der Waals surface area (Å²) >= 11 is 0. The number of benzene rings is 1. The lowest BCUT2D eigenvalue weighted by atomic mass is 10.2. The van der Waals surface area contributed by atoms with E-state index in [1.807, 2.05) is 6.07 Å². The summed E-state index contributed by atoms with van der Waals surface area (Å²) in [5.41, 5.74) is 0.995. The topological polar surface area (TPSA) is 39.7 Å². The van der Waals surface area contributed by atoms with E-state index >= 15 is 0 Å². The Kier molecular flexibility index (Phi) is 5.30. The van der Waals surface area contributed by atoms with Crippen molar-refractivity contribution in [2.45, 2.75) is 31.8 Å². The van der Waals surface area contributed by atoms with Crippen LogP contribution in [0.1, 0.15) is 18.4 Å². The van der Waals surface area contributed by atoms with Crippen LogP contribution >= 0.6 is 0 Å². The third kappa shape index (κ3) is 5.81. The highest BCUT2D eigenvalue weighted by Gasteiger charge is 2.28. The standard InChI is InChI=1S/C14H18F3NO3/c1-19-12-5-2-10(9-18-11-3-4-11)8-13(12)20-6-7-21-14(15,16)17/h2,5,8,11,18H,3-4,6-7,9H2,1H3. The lowest BCUT2D eigenvalue weighted by molar-refractivity contribution is -0.325. The quantitative estimate of drug-likeness (QED) is 0.750. The van der Waals surface area contributed by atoms with Crippen LogP contribution in [0.3, 0.4) is 0 Å². The fourth-order valence-corrected chi connectivity index (χ4v) is 1.80. The van der Waals surface area contributed by atoms with Crippen LogP contribution in [0.5, 0.6) is 11.5 Å². The average Bonchev–Trinajstić information content (AvgIpc) is 3.24. The normalized spacial score (nSPS) is 15.0. The number of hydrogen-bond donors (Lipinski definition) is 1. The van der Waals surface area contributed by atoms with Crippen LogP contribution in [0.25, 0.3) is 0 Å². The molecule has 4 nitrogen and oxygen atoms in total. The van der Waals surface area contributed by atoms with Crippen LogP contribution in [0, 0.1) is 0 Å². The molecular formula is C14H18F3NO3. The second-order valence-electron chi connectivity index (χ2n) is 4.78. The molecule has 0 spiro atoms. The zero-order chi connectivity index (χ0) is 15.3. The van der Waals surface area contributed by atoms with Gasteiger partial charge in [-0.1, -0.05) is 6.07 Å². The first-order chi connectivity index (χ1) is 9.98. The minimum absolute atomic E-state index is 0.199. The number of halogens is 3. The van der Waals surface area contributed by atoms with Crippen LogP contribution in [-0.4, -0.2) is 32.7 Å². The number of ether oxygens (including phenoxy) is 3. The van der Waals surface area contributed by atoms with Gasteiger partial charge in [0.2, 0.25) is 0 Å². The van der Waals surface area contributed by atoms with Crippen molar-refractivity contribution in [2.24, 2.45) is 0 Å². The molecule has 118 valence electrons. The lowest BCUT2D eigenvalue weighted by Gasteiger charge is -2.13. The van der Waals surface area contributed by atoms with E-state index in [0.29, 0.717) is 24.1 Å². The zero-order valence-corrected chi connectivity index (χ0v) is 11.7. The van der Waals surface area contributed by atoms with E-state index in [1.54, 1.807) is 12.1 Å². The molecular weight excluding hydrogens is 287 g/mol. The van der Waals surface area contributed by atoms with Gasteiger partial charge >= 0.3 is 6.36 Å². The molecule has 0 aromatic heterocycles. The smallest absolute Gasteiger partial charge is 0.493 e. The summed E-state index contributed by atoms with van der Waals surface area (Å²) in [6, 6.07) is 5.98. The Morgan fingerprint density at radius 2 is 1.95 bits per heavy atom. The molecule has 0 atom stereocenters. The molecule has 1 aliphatic rings. The third-order valence-corrected chi connectivity index (χ3v) is 3.01. The molecule has 1 fully saturated rings. The van der Waals surface area contributed by atoms with Crippen LogP contribution in [0.4, 0.5) is 13.2 Å². The van der Waals surface area contributed by atoms with Crippen molar-refractivity contribution in [2.75, 3.05) is 20.3 Å². The SMILES string of the molecule is COc1ccc(CNC2CC2)cc1OCCOC(F)(F)F. The van der Waals surface area contributed by atoms with Gasteiger partial charge in [-0.3, -0.25) is 4.74 Å². The summed E-state index contributed by atoms with van der Waals surface area (Å²) in [6.45, 7) is -0.0589. The Hall–Kier alpha value is -1.47. The van der Waals surface area contributed by atoms with Crippen LogP contribution in [0.2, 0.25) is 0 Å². The van der Waals surface area contributed by atoms with Gasteiger partial charge in [-0.15, -0.1) is 13.2 Å². The molecule has 7 heteroatoms. The maximum atomic E-state index is 11.9.